The molecule has 1 aromatic carbocycles. The number of nitrogens with zero attached hydrogens (tertiary/aromatic N) is 2. The number of halogens is 1. The van der Waals surface area contributed by atoms with Crippen LogP contribution in [-0.4, -0.2) is 10.9 Å². The molecule has 0 aliphatic rings. The molecule has 0 saturated heterocycles. The minimum atomic E-state index is -0.398. The first kappa shape index (κ1) is 16.9. The number of nitriles is 1. The van der Waals surface area contributed by atoms with Crippen LogP contribution in [0.2, 0.25) is 0 Å². The summed E-state index contributed by atoms with van der Waals surface area (Å²) in [6.45, 7) is 1.99. The van der Waals surface area contributed by atoms with Crippen LogP contribution in [0.3, 0.4) is 0 Å². The molecule has 0 spiro atoms. The van der Waals surface area contributed by atoms with E-state index in [0.717, 1.165) is 12.0 Å². The lowest BCUT2D eigenvalue weighted by molar-refractivity contribution is -0.117. The Morgan fingerprint density at radius 3 is 2.65 bits per heavy atom. The smallest absolute Gasteiger partial charge is 0.262 e. The van der Waals surface area contributed by atoms with Gasteiger partial charge < -0.3 is 5.32 Å². The van der Waals surface area contributed by atoms with E-state index in [0.29, 0.717) is 10.3 Å². The van der Waals surface area contributed by atoms with E-state index in [9.17, 15) is 10.1 Å². The van der Waals surface area contributed by atoms with Crippen molar-refractivity contribution in [1.29, 1.82) is 5.26 Å². The van der Waals surface area contributed by atoms with Crippen molar-refractivity contribution < 1.29 is 4.79 Å². The molecule has 0 unspecified atom stereocenters. The van der Waals surface area contributed by atoms with Crippen LogP contribution in [0.25, 0.3) is 6.08 Å². The molecule has 0 aliphatic heterocycles. The molecule has 1 amide bonds. The first-order chi connectivity index (χ1) is 11.1. The SMILES string of the molecule is CC[C@H](NC(=O)/C(C#N)=C/c1cccc(Br)n1)c1ccccc1. The third-order valence-corrected chi connectivity index (χ3v) is 3.75. The van der Waals surface area contributed by atoms with Crippen LogP contribution in [0.1, 0.15) is 30.6 Å². The molecule has 0 fully saturated rings. The minimum Gasteiger partial charge on any atom is -0.345 e. The Morgan fingerprint density at radius 2 is 2.04 bits per heavy atom. The molecule has 1 aromatic heterocycles. The van der Waals surface area contributed by atoms with Gasteiger partial charge in [0.2, 0.25) is 0 Å². The average Bonchev–Trinajstić information content (AvgIpc) is 2.58. The van der Waals surface area contributed by atoms with E-state index in [1.807, 2.05) is 43.3 Å². The van der Waals surface area contributed by atoms with E-state index in [1.54, 1.807) is 18.2 Å². The predicted octanol–water partition coefficient (Wildman–Crippen LogP) is 4.02. The summed E-state index contributed by atoms with van der Waals surface area (Å²) in [6.07, 6.45) is 2.22. The molecule has 0 saturated carbocycles. The van der Waals surface area contributed by atoms with E-state index < -0.39 is 5.91 Å². The number of carbonyl (C=O) groups excluding carboxylic acids is 1. The largest absolute Gasteiger partial charge is 0.345 e. The van der Waals surface area contributed by atoms with Crippen LogP contribution in [0.5, 0.6) is 0 Å². The number of nitrogens with one attached hydrogen (secondary N) is 1. The summed E-state index contributed by atoms with van der Waals surface area (Å²) < 4.78 is 0.652. The molecule has 116 valence electrons. The molecule has 0 aliphatic carbocycles. The van der Waals surface area contributed by atoms with Gasteiger partial charge in [-0.15, -0.1) is 0 Å². The molecule has 0 bridgehead atoms. The van der Waals surface area contributed by atoms with E-state index in [-0.39, 0.29) is 11.6 Å². The van der Waals surface area contributed by atoms with Crippen molar-refractivity contribution in [3.05, 3.63) is 70.0 Å². The Labute approximate surface area is 144 Å². The molecule has 1 heterocycles. The van der Waals surface area contributed by atoms with E-state index in [2.05, 4.69) is 26.2 Å². The Balaban J connectivity index is 2.18. The molecule has 1 N–H and O–H groups in total. The standard InChI is InChI=1S/C18H16BrN3O/c1-2-16(13-7-4-3-5-8-13)22-18(23)14(12-20)11-15-9-6-10-17(19)21-15/h3-11,16H,2H2,1H3,(H,22,23)/b14-11+/t16-/m0/s1. The first-order valence-electron chi connectivity index (χ1n) is 7.24. The van der Waals surface area contributed by atoms with Crippen LogP contribution in [-0.2, 0) is 4.79 Å². The summed E-state index contributed by atoms with van der Waals surface area (Å²) >= 11 is 3.27. The van der Waals surface area contributed by atoms with Gasteiger partial charge in [0.15, 0.2) is 0 Å². The Bertz CT molecular complexity index is 750. The molecule has 2 aromatic rings. The van der Waals surface area contributed by atoms with Crippen molar-refractivity contribution in [3.8, 4) is 6.07 Å². The van der Waals surface area contributed by atoms with Gasteiger partial charge in [0.25, 0.3) is 5.91 Å². The summed E-state index contributed by atoms with van der Waals surface area (Å²) in [5.41, 5.74) is 1.60. The number of hydrogen-bond acceptors (Lipinski definition) is 3. The molecule has 4 nitrogen and oxygen atoms in total. The third-order valence-electron chi connectivity index (χ3n) is 3.31. The molecule has 23 heavy (non-hydrogen) atoms. The van der Waals surface area contributed by atoms with Gasteiger partial charge in [0.1, 0.15) is 16.2 Å². The Kier molecular flexibility index (Phi) is 6.07. The highest BCUT2D eigenvalue weighted by atomic mass is 79.9. The summed E-state index contributed by atoms with van der Waals surface area (Å²) in [4.78, 5) is 16.6. The first-order valence-corrected chi connectivity index (χ1v) is 8.03. The summed E-state index contributed by atoms with van der Waals surface area (Å²) in [6, 6.07) is 16.8. The zero-order valence-electron chi connectivity index (χ0n) is 12.7. The lowest BCUT2D eigenvalue weighted by atomic mass is 10.0. The highest BCUT2D eigenvalue weighted by Crippen LogP contribution is 2.17. The van der Waals surface area contributed by atoms with Crippen LogP contribution >= 0.6 is 15.9 Å². The number of amides is 1. The number of rotatable bonds is 5. The van der Waals surface area contributed by atoms with Gasteiger partial charge in [-0.2, -0.15) is 5.26 Å². The molecule has 5 heteroatoms. The van der Waals surface area contributed by atoms with Crippen LogP contribution in [0.15, 0.2) is 58.7 Å². The van der Waals surface area contributed by atoms with Crippen molar-refractivity contribution in [2.24, 2.45) is 0 Å². The fraction of sp³-hybridized carbons (Fsp3) is 0.167. The number of benzene rings is 1. The average molecular weight is 370 g/mol. The number of carbonyl (C=O) groups is 1. The van der Waals surface area contributed by atoms with E-state index >= 15 is 0 Å². The zero-order valence-corrected chi connectivity index (χ0v) is 14.2. The highest BCUT2D eigenvalue weighted by molar-refractivity contribution is 9.10. The Morgan fingerprint density at radius 1 is 1.30 bits per heavy atom. The van der Waals surface area contributed by atoms with Crippen molar-refractivity contribution >= 4 is 27.9 Å². The van der Waals surface area contributed by atoms with E-state index in [4.69, 9.17) is 0 Å². The van der Waals surface area contributed by atoms with Crippen LogP contribution < -0.4 is 5.32 Å². The highest BCUT2D eigenvalue weighted by Gasteiger charge is 2.16. The van der Waals surface area contributed by atoms with Gasteiger partial charge in [-0.1, -0.05) is 43.3 Å². The van der Waals surface area contributed by atoms with Crippen LogP contribution in [0, 0.1) is 11.3 Å². The van der Waals surface area contributed by atoms with Gasteiger partial charge in [-0.3, -0.25) is 4.79 Å². The molecule has 0 radical (unpaired) electrons. The monoisotopic (exact) mass is 369 g/mol. The molecular weight excluding hydrogens is 354 g/mol. The van der Waals surface area contributed by atoms with Crippen molar-refractivity contribution in [2.45, 2.75) is 19.4 Å². The van der Waals surface area contributed by atoms with Crippen molar-refractivity contribution in [3.63, 3.8) is 0 Å². The van der Waals surface area contributed by atoms with Crippen LogP contribution in [0.4, 0.5) is 0 Å². The second-order valence-electron chi connectivity index (χ2n) is 4.90. The fourth-order valence-corrected chi connectivity index (χ4v) is 2.50. The maximum Gasteiger partial charge on any atom is 0.262 e. The molecular formula is C18H16BrN3O. The summed E-state index contributed by atoms with van der Waals surface area (Å²) in [7, 11) is 0. The zero-order chi connectivity index (χ0) is 16.7. The van der Waals surface area contributed by atoms with Gasteiger partial charge >= 0.3 is 0 Å². The fourth-order valence-electron chi connectivity index (χ4n) is 2.14. The van der Waals surface area contributed by atoms with Gasteiger partial charge in [-0.05, 0) is 46.1 Å². The van der Waals surface area contributed by atoms with Crippen molar-refractivity contribution in [2.75, 3.05) is 0 Å². The minimum absolute atomic E-state index is 0.0324. The summed E-state index contributed by atoms with van der Waals surface area (Å²) in [5.74, 6) is -0.398. The maximum absolute atomic E-state index is 12.4. The Hall–Kier alpha value is -2.45. The molecule has 1 atom stereocenters. The number of aromatic nitrogens is 1. The summed E-state index contributed by atoms with van der Waals surface area (Å²) in [5, 5.41) is 12.2. The van der Waals surface area contributed by atoms with E-state index in [1.165, 1.54) is 6.08 Å². The normalized spacial score (nSPS) is 12.3. The quantitative estimate of drug-likeness (QED) is 0.491. The second-order valence-corrected chi connectivity index (χ2v) is 5.71. The van der Waals surface area contributed by atoms with Gasteiger partial charge in [-0.25, -0.2) is 4.98 Å². The maximum atomic E-state index is 12.4. The lowest BCUT2D eigenvalue weighted by Gasteiger charge is -2.17. The number of pyridine rings is 1. The van der Waals surface area contributed by atoms with Gasteiger partial charge in [0.05, 0.1) is 11.7 Å². The topological polar surface area (TPSA) is 65.8 Å². The number of hydrogen-bond donors (Lipinski definition) is 1. The van der Waals surface area contributed by atoms with Gasteiger partial charge in [0, 0.05) is 0 Å². The second kappa shape index (κ2) is 8.25. The lowest BCUT2D eigenvalue weighted by Crippen LogP contribution is -2.29. The van der Waals surface area contributed by atoms with Crippen molar-refractivity contribution in [1.82, 2.24) is 10.3 Å². The molecule has 2 rings (SSSR count). The predicted molar refractivity (Wildman–Crippen MR) is 93.1 cm³/mol. The third kappa shape index (κ3) is 4.76.